The molecule has 7 heavy (non-hydrogen) atoms. The molecule has 0 radical (unpaired) electrons. The topological polar surface area (TPSA) is 24.1 Å². The standard InChI is InChI=1S/C4H10N2.Fe/c1-2-6-4-3-5-1;/h5-6H,1-4H2;. The van der Waals surface area contributed by atoms with Crippen LogP contribution in [0.1, 0.15) is 0 Å². The maximum Gasteiger partial charge on any atom is 0.00772 e. The van der Waals surface area contributed by atoms with Gasteiger partial charge in [-0.25, -0.2) is 0 Å². The van der Waals surface area contributed by atoms with Crippen molar-refractivity contribution in [3.63, 3.8) is 0 Å². The molecule has 1 rings (SSSR count). The van der Waals surface area contributed by atoms with Crippen molar-refractivity contribution in [2.24, 2.45) is 0 Å². The van der Waals surface area contributed by atoms with Crippen LogP contribution in [0.4, 0.5) is 0 Å². The maximum absolute atomic E-state index is 3.22. The maximum atomic E-state index is 3.22. The van der Waals surface area contributed by atoms with Gasteiger partial charge in [-0.1, -0.05) is 0 Å². The quantitative estimate of drug-likeness (QED) is 0.431. The zero-order valence-corrected chi connectivity index (χ0v) is 5.29. The molecule has 0 spiro atoms. The van der Waals surface area contributed by atoms with Gasteiger partial charge in [0.1, 0.15) is 0 Å². The third-order valence-electron chi connectivity index (χ3n) is 0.957. The molecule has 0 atom stereocenters. The van der Waals surface area contributed by atoms with Crippen molar-refractivity contribution in [2.75, 3.05) is 26.2 Å². The molecule has 0 amide bonds. The Kier molecular flexibility index (Phi) is 4.88. The molecule has 0 unspecified atom stereocenters. The van der Waals surface area contributed by atoms with Crippen molar-refractivity contribution in [3.8, 4) is 0 Å². The molecule has 0 bridgehead atoms. The molecule has 1 saturated heterocycles. The van der Waals surface area contributed by atoms with Gasteiger partial charge in [-0.3, -0.25) is 0 Å². The molecule has 1 aliphatic rings. The van der Waals surface area contributed by atoms with Crippen LogP contribution in [0.3, 0.4) is 0 Å². The molecule has 2 N–H and O–H groups in total. The van der Waals surface area contributed by atoms with Gasteiger partial charge in [0.15, 0.2) is 0 Å². The molecule has 44 valence electrons. The van der Waals surface area contributed by atoms with Gasteiger partial charge in [-0.2, -0.15) is 0 Å². The van der Waals surface area contributed by atoms with E-state index in [9.17, 15) is 0 Å². The van der Waals surface area contributed by atoms with Gasteiger partial charge in [0.05, 0.1) is 0 Å². The van der Waals surface area contributed by atoms with Crippen LogP contribution in [-0.4, -0.2) is 26.2 Å². The molecule has 1 aliphatic heterocycles. The predicted molar refractivity (Wildman–Crippen MR) is 25.7 cm³/mol. The summed E-state index contributed by atoms with van der Waals surface area (Å²) < 4.78 is 0. The van der Waals surface area contributed by atoms with E-state index in [-0.39, 0.29) is 17.1 Å². The predicted octanol–water partition coefficient (Wildman–Crippen LogP) is -0.823. The van der Waals surface area contributed by atoms with Gasteiger partial charge >= 0.3 is 0 Å². The van der Waals surface area contributed by atoms with E-state index in [1.54, 1.807) is 0 Å². The first-order valence-corrected chi connectivity index (χ1v) is 2.41. The summed E-state index contributed by atoms with van der Waals surface area (Å²) in [5, 5.41) is 6.44. The Morgan fingerprint density at radius 3 is 1.14 bits per heavy atom. The van der Waals surface area contributed by atoms with Crippen LogP contribution in [0, 0.1) is 0 Å². The van der Waals surface area contributed by atoms with E-state index < -0.39 is 0 Å². The first-order chi connectivity index (χ1) is 3.00. The zero-order valence-electron chi connectivity index (χ0n) is 4.18. The summed E-state index contributed by atoms with van der Waals surface area (Å²) in [6.45, 7) is 4.56. The Balaban J connectivity index is 0.000000360. The van der Waals surface area contributed by atoms with E-state index in [2.05, 4.69) is 10.6 Å². The summed E-state index contributed by atoms with van der Waals surface area (Å²) in [5.41, 5.74) is 0. The summed E-state index contributed by atoms with van der Waals surface area (Å²) in [4.78, 5) is 0. The fourth-order valence-corrected chi connectivity index (χ4v) is 0.604. The first-order valence-electron chi connectivity index (χ1n) is 2.41. The summed E-state index contributed by atoms with van der Waals surface area (Å²) in [6.07, 6.45) is 0. The Labute approximate surface area is 54.5 Å². The molecule has 3 heteroatoms. The van der Waals surface area contributed by atoms with E-state index in [0.717, 1.165) is 26.2 Å². The van der Waals surface area contributed by atoms with E-state index >= 15 is 0 Å². The summed E-state index contributed by atoms with van der Waals surface area (Å²) in [5.74, 6) is 0. The second-order valence-corrected chi connectivity index (χ2v) is 1.50. The van der Waals surface area contributed by atoms with Crippen LogP contribution in [0.25, 0.3) is 0 Å². The minimum absolute atomic E-state index is 0. The Hall–Kier alpha value is 0.439. The molecule has 0 aromatic rings. The molecule has 2 nitrogen and oxygen atoms in total. The van der Waals surface area contributed by atoms with Crippen LogP contribution >= 0.6 is 0 Å². The van der Waals surface area contributed by atoms with Crippen LogP contribution in [0.2, 0.25) is 0 Å². The number of piperazine rings is 1. The second-order valence-electron chi connectivity index (χ2n) is 1.50. The van der Waals surface area contributed by atoms with E-state index in [1.807, 2.05) is 0 Å². The fourth-order valence-electron chi connectivity index (χ4n) is 0.604. The van der Waals surface area contributed by atoms with Gasteiger partial charge in [0, 0.05) is 43.2 Å². The van der Waals surface area contributed by atoms with Gasteiger partial charge in [-0.15, -0.1) is 0 Å². The van der Waals surface area contributed by atoms with Crippen molar-refractivity contribution in [3.05, 3.63) is 0 Å². The number of rotatable bonds is 0. The van der Waals surface area contributed by atoms with E-state index in [1.165, 1.54) is 0 Å². The van der Waals surface area contributed by atoms with Crippen molar-refractivity contribution in [2.45, 2.75) is 0 Å². The minimum Gasteiger partial charge on any atom is -0.314 e. The molecule has 1 heterocycles. The van der Waals surface area contributed by atoms with Gasteiger partial charge < -0.3 is 10.6 Å². The van der Waals surface area contributed by atoms with Gasteiger partial charge in [0.2, 0.25) is 0 Å². The molecule has 1 fully saturated rings. The van der Waals surface area contributed by atoms with Gasteiger partial charge in [0.25, 0.3) is 0 Å². The smallest absolute Gasteiger partial charge is 0.00772 e. The Morgan fingerprint density at radius 1 is 0.714 bits per heavy atom. The molecular formula is C4H10FeN2. The Bertz CT molecular complexity index is 25.2. The zero-order chi connectivity index (χ0) is 4.24. The SMILES string of the molecule is C1CNCCN1.[Fe]. The fraction of sp³-hybridized carbons (Fsp3) is 1.00. The number of hydrogen-bond donors (Lipinski definition) is 2. The second kappa shape index (κ2) is 4.59. The van der Waals surface area contributed by atoms with Gasteiger partial charge in [-0.05, 0) is 0 Å². The molecule has 0 aromatic carbocycles. The molecule has 0 aromatic heterocycles. The molecular weight excluding hydrogens is 132 g/mol. The Morgan fingerprint density at radius 2 is 1.00 bits per heavy atom. The third kappa shape index (κ3) is 3.06. The van der Waals surface area contributed by atoms with Crippen LogP contribution in [0.5, 0.6) is 0 Å². The number of hydrogen-bond acceptors (Lipinski definition) is 2. The van der Waals surface area contributed by atoms with Crippen molar-refractivity contribution < 1.29 is 17.1 Å². The average Bonchev–Trinajstić information content (AvgIpc) is 1.72. The average molecular weight is 142 g/mol. The summed E-state index contributed by atoms with van der Waals surface area (Å²) in [6, 6.07) is 0. The van der Waals surface area contributed by atoms with Crippen LogP contribution in [0.15, 0.2) is 0 Å². The molecule has 0 aliphatic carbocycles. The first kappa shape index (κ1) is 7.44. The summed E-state index contributed by atoms with van der Waals surface area (Å²) in [7, 11) is 0. The minimum atomic E-state index is 0. The normalized spacial score (nSPS) is 20.6. The van der Waals surface area contributed by atoms with E-state index in [4.69, 9.17) is 0 Å². The van der Waals surface area contributed by atoms with Crippen LogP contribution in [-0.2, 0) is 17.1 Å². The van der Waals surface area contributed by atoms with Crippen molar-refractivity contribution >= 4 is 0 Å². The third-order valence-corrected chi connectivity index (χ3v) is 0.957. The number of nitrogens with one attached hydrogen (secondary N) is 2. The monoisotopic (exact) mass is 142 g/mol. The van der Waals surface area contributed by atoms with Crippen LogP contribution < -0.4 is 10.6 Å². The van der Waals surface area contributed by atoms with Crippen molar-refractivity contribution in [1.82, 2.24) is 10.6 Å². The largest absolute Gasteiger partial charge is 0.314 e. The van der Waals surface area contributed by atoms with Crippen molar-refractivity contribution in [1.29, 1.82) is 0 Å². The molecule has 0 saturated carbocycles. The summed E-state index contributed by atoms with van der Waals surface area (Å²) >= 11 is 0. The van der Waals surface area contributed by atoms with E-state index in [0.29, 0.717) is 0 Å².